The van der Waals surface area contributed by atoms with Crippen molar-refractivity contribution in [3.63, 3.8) is 0 Å². The molecule has 0 radical (unpaired) electrons. The van der Waals surface area contributed by atoms with Gasteiger partial charge in [-0.3, -0.25) is 0 Å². The number of benzene rings is 1. The van der Waals surface area contributed by atoms with Gasteiger partial charge >= 0.3 is 0 Å². The van der Waals surface area contributed by atoms with Gasteiger partial charge in [0.2, 0.25) is 0 Å². The highest BCUT2D eigenvalue weighted by molar-refractivity contribution is 9.09. The Kier molecular flexibility index (Phi) is 4.85. The van der Waals surface area contributed by atoms with Gasteiger partial charge in [0.25, 0.3) is 0 Å². The predicted octanol–water partition coefficient (Wildman–Crippen LogP) is 4.66. The molecule has 0 nitrogen and oxygen atoms in total. The van der Waals surface area contributed by atoms with Crippen LogP contribution < -0.4 is 0 Å². The van der Waals surface area contributed by atoms with Crippen LogP contribution in [-0.2, 0) is 6.42 Å². The molecule has 1 heteroatoms. The lowest BCUT2D eigenvalue weighted by molar-refractivity contribution is 0.581. The maximum Gasteiger partial charge on any atom is 0.0172 e. The van der Waals surface area contributed by atoms with Gasteiger partial charge in [0.1, 0.15) is 0 Å². The van der Waals surface area contributed by atoms with E-state index in [4.69, 9.17) is 0 Å². The number of aryl methyl sites for hydroxylation is 3. The third-order valence-electron chi connectivity index (χ3n) is 2.92. The zero-order chi connectivity index (χ0) is 11.4. The molecule has 0 aliphatic heterocycles. The van der Waals surface area contributed by atoms with Gasteiger partial charge in [-0.05, 0) is 43.7 Å². The lowest BCUT2D eigenvalue weighted by atomic mass is 9.98. The summed E-state index contributed by atoms with van der Waals surface area (Å²) in [4.78, 5) is 0.636. The molecular weight excluding hydrogens is 248 g/mol. The van der Waals surface area contributed by atoms with E-state index in [0.717, 1.165) is 5.92 Å². The van der Waals surface area contributed by atoms with Crippen LogP contribution in [-0.4, -0.2) is 4.83 Å². The fourth-order valence-electron chi connectivity index (χ4n) is 1.70. The summed E-state index contributed by atoms with van der Waals surface area (Å²) in [6, 6.07) is 6.73. The lowest BCUT2D eigenvalue weighted by Gasteiger charge is -2.14. The van der Waals surface area contributed by atoms with Gasteiger partial charge in [-0.1, -0.05) is 53.5 Å². The lowest BCUT2D eigenvalue weighted by Crippen LogP contribution is -2.08. The van der Waals surface area contributed by atoms with Crippen molar-refractivity contribution in [1.82, 2.24) is 0 Å². The van der Waals surface area contributed by atoms with Crippen molar-refractivity contribution >= 4 is 15.9 Å². The first-order valence-corrected chi connectivity index (χ1v) is 6.62. The molecule has 0 aliphatic rings. The van der Waals surface area contributed by atoms with E-state index >= 15 is 0 Å². The summed E-state index contributed by atoms with van der Waals surface area (Å²) in [7, 11) is 0. The van der Waals surface area contributed by atoms with Crippen molar-refractivity contribution in [3.05, 3.63) is 34.9 Å². The van der Waals surface area contributed by atoms with Crippen molar-refractivity contribution in [1.29, 1.82) is 0 Å². The van der Waals surface area contributed by atoms with Crippen LogP contribution in [0.25, 0.3) is 0 Å². The maximum absolute atomic E-state index is 3.74. The largest absolute Gasteiger partial charge is 0.0888 e. The molecule has 0 amide bonds. The second kappa shape index (κ2) is 5.69. The molecule has 0 saturated carbocycles. The zero-order valence-corrected chi connectivity index (χ0v) is 11.8. The highest BCUT2D eigenvalue weighted by Crippen LogP contribution is 2.20. The molecule has 84 valence electrons. The summed E-state index contributed by atoms with van der Waals surface area (Å²) >= 11 is 3.74. The quantitative estimate of drug-likeness (QED) is 0.697. The minimum atomic E-state index is 0.636. The van der Waals surface area contributed by atoms with Gasteiger partial charge in [0.05, 0.1) is 0 Å². The van der Waals surface area contributed by atoms with E-state index in [9.17, 15) is 0 Å². The van der Waals surface area contributed by atoms with Gasteiger partial charge in [-0.25, -0.2) is 0 Å². The van der Waals surface area contributed by atoms with E-state index in [1.165, 1.54) is 29.5 Å². The average Bonchev–Trinajstić information content (AvgIpc) is 2.18. The van der Waals surface area contributed by atoms with Gasteiger partial charge in [0.15, 0.2) is 0 Å². The minimum Gasteiger partial charge on any atom is -0.0888 e. The van der Waals surface area contributed by atoms with Crippen LogP contribution in [0.1, 0.15) is 37.0 Å². The van der Waals surface area contributed by atoms with Gasteiger partial charge in [0, 0.05) is 4.83 Å². The molecule has 15 heavy (non-hydrogen) atoms. The number of halogens is 1. The van der Waals surface area contributed by atoms with Crippen molar-refractivity contribution in [3.8, 4) is 0 Å². The number of hydrogen-bond acceptors (Lipinski definition) is 0. The first-order valence-electron chi connectivity index (χ1n) is 5.71. The molecule has 0 N–H and O–H groups in total. The van der Waals surface area contributed by atoms with Crippen LogP contribution >= 0.6 is 15.9 Å². The molecule has 1 unspecified atom stereocenters. The standard InChI is InChI=1S/C14H21Br/c1-10(2)14(15)8-7-13-9-11(3)5-6-12(13)4/h5-6,9-10,14H,7-8H2,1-4H3. The molecule has 0 heterocycles. The van der Waals surface area contributed by atoms with E-state index in [1.807, 2.05) is 0 Å². The Hall–Kier alpha value is -0.300. The molecule has 1 atom stereocenters. The molecule has 1 aromatic carbocycles. The number of rotatable bonds is 4. The third kappa shape index (κ3) is 3.98. The van der Waals surface area contributed by atoms with Crippen LogP contribution in [0.5, 0.6) is 0 Å². The molecule has 0 fully saturated rings. The zero-order valence-electron chi connectivity index (χ0n) is 10.2. The Morgan fingerprint density at radius 3 is 2.47 bits per heavy atom. The minimum absolute atomic E-state index is 0.636. The molecule has 1 aromatic rings. The van der Waals surface area contributed by atoms with Crippen molar-refractivity contribution < 1.29 is 0 Å². The summed E-state index contributed by atoms with van der Waals surface area (Å²) in [5.74, 6) is 0.718. The average molecular weight is 269 g/mol. The topological polar surface area (TPSA) is 0 Å². The molecule has 0 aliphatic carbocycles. The van der Waals surface area contributed by atoms with Gasteiger partial charge in [-0.15, -0.1) is 0 Å². The number of hydrogen-bond donors (Lipinski definition) is 0. The highest BCUT2D eigenvalue weighted by atomic mass is 79.9. The van der Waals surface area contributed by atoms with E-state index < -0.39 is 0 Å². The monoisotopic (exact) mass is 268 g/mol. The van der Waals surface area contributed by atoms with E-state index in [-0.39, 0.29) is 0 Å². The van der Waals surface area contributed by atoms with Crippen LogP contribution in [0.15, 0.2) is 18.2 Å². The molecule has 0 spiro atoms. The van der Waals surface area contributed by atoms with Crippen LogP contribution in [0.2, 0.25) is 0 Å². The third-order valence-corrected chi connectivity index (χ3v) is 4.43. The van der Waals surface area contributed by atoms with Crippen LogP contribution in [0.4, 0.5) is 0 Å². The van der Waals surface area contributed by atoms with Crippen molar-refractivity contribution in [2.24, 2.45) is 5.92 Å². The van der Waals surface area contributed by atoms with Gasteiger partial charge < -0.3 is 0 Å². The summed E-state index contributed by atoms with van der Waals surface area (Å²) in [6.45, 7) is 8.90. The fraction of sp³-hybridized carbons (Fsp3) is 0.571. The van der Waals surface area contributed by atoms with Crippen LogP contribution in [0, 0.1) is 19.8 Å². The fourth-order valence-corrected chi connectivity index (χ4v) is 1.93. The molecule has 1 rings (SSSR count). The molecule has 0 saturated heterocycles. The van der Waals surface area contributed by atoms with E-state index in [1.54, 1.807) is 0 Å². The Balaban J connectivity index is 2.61. The summed E-state index contributed by atoms with van der Waals surface area (Å²) in [6.07, 6.45) is 2.41. The molecular formula is C14H21Br. The summed E-state index contributed by atoms with van der Waals surface area (Å²) in [5, 5.41) is 0. The Bertz CT molecular complexity index is 315. The molecule has 0 aromatic heterocycles. The smallest absolute Gasteiger partial charge is 0.0172 e. The molecule has 0 bridgehead atoms. The first kappa shape index (κ1) is 12.8. The second-order valence-corrected chi connectivity index (χ2v) is 5.90. The summed E-state index contributed by atoms with van der Waals surface area (Å²) < 4.78 is 0. The van der Waals surface area contributed by atoms with E-state index in [0.29, 0.717) is 4.83 Å². The maximum atomic E-state index is 3.74. The van der Waals surface area contributed by atoms with E-state index in [2.05, 4.69) is 61.8 Å². The Morgan fingerprint density at radius 2 is 1.87 bits per heavy atom. The SMILES string of the molecule is Cc1ccc(C)c(CCC(Br)C(C)C)c1. The Morgan fingerprint density at radius 1 is 1.20 bits per heavy atom. The predicted molar refractivity (Wildman–Crippen MR) is 71.8 cm³/mol. The number of alkyl halides is 1. The van der Waals surface area contributed by atoms with Crippen molar-refractivity contribution in [2.45, 2.75) is 45.4 Å². The second-order valence-electron chi connectivity index (χ2n) is 4.73. The van der Waals surface area contributed by atoms with Gasteiger partial charge in [-0.2, -0.15) is 0 Å². The van der Waals surface area contributed by atoms with Crippen molar-refractivity contribution in [2.75, 3.05) is 0 Å². The van der Waals surface area contributed by atoms with Crippen LogP contribution in [0.3, 0.4) is 0 Å². The normalized spacial score (nSPS) is 13.2. The summed E-state index contributed by atoms with van der Waals surface area (Å²) in [5.41, 5.74) is 4.29. The first-order chi connectivity index (χ1) is 7.00. The Labute approximate surface area is 102 Å². The highest BCUT2D eigenvalue weighted by Gasteiger charge is 2.09.